The average Bonchev–Trinajstić information content (AvgIpc) is 3.52. The molecule has 1 unspecified atom stereocenters. The quantitative estimate of drug-likeness (QED) is 0.646. The van der Waals surface area contributed by atoms with E-state index in [4.69, 9.17) is 5.26 Å². The van der Waals surface area contributed by atoms with Crippen LogP contribution in [0.2, 0.25) is 0 Å². The Balaban J connectivity index is 1.87. The molecule has 1 aromatic heterocycles. The molecule has 1 heterocycles. The van der Waals surface area contributed by atoms with Gasteiger partial charge in [-0.25, -0.2) is 4.98 Å². The Morgan fingerprint density at radius 2 is 1.55 bits per heavy atom. The van der Waals surface area contributed by atoms with Gasteiger partial charge < -0.3 is 10.6 Å². The number of aromatic nitrogens is 2. The number of carbonyl (C=O) groups excluding carboxylic acids is 2. The largest absolute Gasteiger partial charge is 0.416 e. The van der Waals surface area contributed by atoms with Crippen molar-refractivity contribution in [3.05, 3.63) is 58.7 Å². The molecule has 2 N–H and O–H groups in total. The molecule has 0 aliphatic heterocycles. The molecule has 174 valence electrons. The van der Waals surface area contributed by atoms with Crippen molar-refractivity contribution in [1.82, 2.24) is 20.6 Å². The highest BCUT2D eigenvalue weighted by molar-refractivity contribution is 5.96. The Bertz CT molecular complexity index is 1100. The molecule has 1 aliphatic rings. The van der Waals surface area contributed by atoms with Gasteiger partial charge in [-0.3, -0.25) is 14.6 Å². The summed E-state index contributed by atoms with van der Waals surface area (Å²) >= 11 is 0. The van der Waals surface area contributed by atoms with E-state index in [-0.39, 0.29) is 17.5 Å². The topological polar surface area (TPSA) is 108 Å². The molecule has 13 heteroatoms. The summed E-state index contributed by atoms with van der Waals surface area (Å²) in [6.07, 6.45) is -6.98. The SMILES string of the molecule is CC(NC(=O)c1cc(C(F)(F)F)cc(C(F)(F)F)c1)c1nccnc1C(=O)NC1(C#N)CC1. The number of hydrogen-bond donors (Lipinski definition) is 2. The lowest BCUT2D eigenvalue weighted by Crippen LogP contribution is -2.38. The van der Waals surface area contributed by atoms with Crippen LogP contribution in [0.25, 0.3) is 0 Å². The second-order valence-electron chi connectivity index (χ2n) is 7.43. The third-order valence-electron chi connectivity index (χ3n) is 4.87. The Morgan fingerprint density at radius 1 is 1.00 bits per heavy atom. The summed E-state index contributed by atoms with van der Waals surface area (Å²) in [6, 6.07) is 1.34. The standard InChI is InChI=1S/C20H15F6N5O2/c1-10(14-15(29-5-4-28-14)17(33)31-18(9-27)2-3-18)30-16(32)11-6-12(19(21,22)23)8-13(7-11)20(24,25)26/h4-8,10H,2-3H2,1H3,(H,30,32)(H,31,33). The first-order chi connectivity index (χ1) is 15.3. The molecule has 0 saturated heterocycles. The molecule has 1 saturated carbocycles. The summed E-state index contributed by atoms with van der Waals surface area (Å²) in [5, 5.41) is 13.9. The summed E-state index contributed by atoms with van der Waals surface area (Å²) in [4.78, 5) is 32.9. The molecule has 2 amide bonds. The molecule has 1 aliphatic carbocycles. The Kier molecular flexibility index (Phi) is 6.06. The van der Waals surface area contributed by atoms with Crippen molar-refractivity contribution in [3.63, 3.8) is 0 Å². The van der Waals surface area contributed by atoms with Gasteiger partial charge in [0, 0.05) is 18.0 Å². The maximum absolute atomic E-state index is 13.1. The zero-order chi connectivity index (χ0) is 24.6. The van der Waals surface area contributed by atoms with Gasteiger partial charge in [0.2, 0.25) is 0 Å². The molecule has 0 radical (unpaired) electrons. The summed E-state index contributed by atoms with van der Waals surface area (Å²) < 4.78 is 78.3. The first-order valence-corrected chi connectivity index (χ1v) is 9.41. The number of hydrogen-bond acceptors (Lipinski definition) is 5. The smallest absolute Gasteiger partial charge is 0.344 e. The molecule has 7 nitrogen and oxygen atoms in total. The monoisotopic (exact) mass is 471 g/mol. The minimum absolute atomic E-state index is 0.0832. The first kappa shape index (κ1) is 24.0. The summed E-state index contributed by atoms with van der Waals surface area (Å²) in [7, 11) is 0. The van der Waals surface area contributed by atoms with E-state index in [1.807, 2.05) is 6.07 Å². The van der Waals surface area contributed by atoms with Crippen LogP contribution in [0, 0.1) is 11.3 Å². The number of nitriles is 1. The molecule has 2 aromatic rings. The van der Waals surface area contributed by atoms with Crippen molar-refractivity contribution >= 4 is 11.8 Å². The zero-order valence-corrected chi connectivity index (χ0v) is 16.8. The van der Waals surface area contributed by atoms with Crippen molar-refractivity contribution < 1.29 is 35.9 Å². The highest BCUT2D eigenvalue weighted by Gasteiger charge is 2.45. The number of amides is 2. The van der Waals surface area contributed by atoms with E-state index < -0.39 is 52.4 Å². The van der Waals surface area contributed by atoms with E-state index >= 15 is 0 Å². The van der Waals surface area contributed by atoms with Crippen molar-refractivity contribution in [2.45, 2.75) is 43.7 Å². The summed E-state index contributed by atoms with van der Waals surface area (Å²) in [5.41, 5.74) is -5.50. The third-order valence-corrected chi connectivity index (χ3v) is 4.87. The molecular weight excluding hydrogens is 456 g/mol. The number of alkyl halides is 6. The van der Waals surface area contributed by atoms with Crippen LogP contribution in [0.1, 0.15) is 63.5 Å². The maximum atomic E-state index is 13.1. The van der Waals surface area contributed by atoms with Crippen LogP contribution < -0.4 is 10.6 Å². The number of carbonyl (C=O) groups is 2. The minimum atomic E-state index is -5.11. The van der Waals surface area contributed by atoms with Gasteiger partial charge in [-0.1, -0.05) is 0 Å². The molecule has 3 rings (SSSR count). The lowest BCUT2D eigenvalue weighted by atomic mass is 10.0. The number of halogens is 6. The van der Waals surface area contributed by atoms with E-state index in [2.05, 4.69) is 20.6 Å². The van der Waals surface area contributed by atoms with Crippen LogP contribution >= 0.6 is 0 Å². The Morgan fingerprint density at radius 3 is 2.03 bits per heavy atom. The average molecular weight is 471 g/mol. The predicted octanol–water partition coefficient (Wildman–Crippen LogP) is 3.79. The third kappa shape index (κ3) is 5.39. The van der Waals surface area contributed by atoms with Crippen LogP contribution in [-0.4, -0.2) is 27.3 Å². The molecule has 1 fully saturated rings. The number of nitrogens with zero attached hydrogens (tertiary/aromatic N) is 3. The normalized spacial score (nSPS) is 15.8. The van der Waals surface area contributed by atoms with Gasteiger partial charge in [0.25, 0.3) is 11.8 Å². The maximum Gasteiger partial charge on any atom is 0.416 e. The van der Waals surface area contributed by atoms with E-state index in [1.54, 1.807) is 0 Å². The molecule has 0 spiro atoms. The fourth-order valence-corrected chi connectivity index (χ4v) is 2.94. The Hall–Kier alpha value is -3.69. The van der Waals surface area contributed by atoms with Crippen molar-refractivity contribution in [3.8, 4) is 6.07 Å². The Labute approximate surface area is 182 Å². The van der Waals surface area contributed by atoms with Gasteiger partial charge in [0.05, 0.1) is 28.9 Å². The van der Waals surface area contributed by atoms with Crippen LogP contribution in [0.4, 0.5) is 26.3 Å². The van der Waals surface area contributed by atoms with E-state index in [0.717, 1.165) is 0 Å². The van der Waals surface area contributed by atoms with E-state index in [0.29, 0.717) is 25.0 Å². The van der Waals surface area contributed by atoms with Gasteiger partial charge >= 0.3 is 12.4 Å². The summed E-state index contributed by atoms with van der Waals surface area (Å²) in [5.74, 6) is -2.00. The number of benzene rings is 1. The number of rotatable bonds is 5. The molecule has 1 atom stereocenters. The van der Waals surface area contributed by atoms with Gasteiger partial charge in [-0.15, -0.1) is 0 Å². The van der Waals surface area contributed by atoms with E-state index in [9.17, 15) is 35.9 Å². The highest BCUT2D eigenvalue weighted by Crippen LogP contribution is 2.37. The first-order valence-electron chi connectivity index (χ1n) is 9.41. The van der Waals surface area contributed by atoms with Crippen molar-refractivity contribution in [2.75, 3.05) is 0 Å². The van der Waals surface area contributed by atoms with Crippen LogP contribution in [0.15, 0.2) is 30.6 Å². The molecule has 1 aromatic carbocycles. The van der Waals surface area contributed by atoms with Gasteiger partial charge in [-0.05, 0) is 38.0 Å². The fourth-order valence-electron chi connectivity index (χ4n) is 2.94. The van der Waals surface area contributed by atoms with E-state index in [1.165, 1.54) is 19.3 Å². The van der Waals surface area contributed by atoms with Gasteiger partial charge in [0.15, 0.2) is 5.69 Å². The van der Waals surface area contributed by atoms with Crippen molar-refractivity contribution in [1.29, 1.82) is 5.26 Å². The zero-order valence-electron chi connectivity index (χ0n) is 16.8. The van der Waals surface area contributed by atoms with Crippen LogP contribution in [-0.2, 0) is 12.4 Å². The molecule has 0 bridgehead atoms. The lowest BCUT2D eigenvalue weighted by Gasteiger charge is -2.18. The molecular formula is C20H15F6N5O2. The predicted molar refractivity (Wildman–Crippen MR) is 99.4 cm³/mol. The second kappa shape index (κ2) is 8.34. The van der Waals surface area contributed by atoms with Gasteiger partial charge in [0.1, 0.15) is 5.54 Å². The van der Waals surface area contributed by atoms with Gasteiger partial charge in [-0.2, -0.15) is 31.6 Å². The second-order valence-corrected chi connectivity index (χ2v) is 7.43. The van der Waals surface area contributed by atoms with Crippen LogP contribution in [0.3, 0.4) is 0 Å². The summed E-state index contributed by atoms with van der Waals surface area (Å²) in [6.45, 7) is 1.33. The van der Waals surface area contributed by atoms with Crippen LogP contribution in [0.5, 0.6) is 0 Å². The molecule has 33 heavy (non-hydrogen) atoms. The highest BCUT2D eigenvalue weighted by atomic mass is 19.4. The van der Waals surface area contributed by atoms with Crippen molar-refractivity contribution in [2.24, 2.45) is 0 Å². The lowest BCUT2D eigenvalue weighted by molar-refractivity contribution is -0.143. The minimum Gasteiger partial charge on any atom is -0.344 e. The number of nitrogens with one attached hydrogen (secondary N) is 2. The fraction of sp³-hybridized carbons (Fsp3) is 0.350.